The van der Waals surface area contributed by atoms with Crippen molar-refractivity contribution in [1.82, 2.24) is 14.8 Å². The first-order valence-corrected chi connectivity index (χ1v) is 7.00. The molecule has 0 atom stereocenters. The molecule has 0 amide bonds. The van der Waals surface area contributed by atoms with E-state index in [1.165, 1.54) is 0 Å². The highest BCUT2D eigenvalue weighted by Crippen LogP contribution is 2.19. The Labute approximate surface area is 111 Å². The van der Waals surface area contributed by atoms with Crippen LogP contribution in [-0.4, -0.2) is 27.6 Å². The second-order valence-corrected chi connectivity index (χ2v) is 4.94. The number of benzene rings is 1. The van der Waals surface area contributed by atoms with Crippen molar-refractivity contribution in [1.29, 1.82) is 0 Å². The number of hydrogen-bond acceptors (Lipinski definition) is 4. The molecule has 2 rings (SSSR count). The maximum absolute atomic E-state index is 5.16. The van der Waals surface area contributed by atoms with Crippen molar-refractivity contribution in [3.05, 3.63) is 30.1 Å². The van der Waals surface area contributed by atoms with Crippen molar-refractivity contribution in [2.75, 3.05) is 12.9 Å². The second kappa shape index (κ2) is 5.91. The Morgan fingerprint density at radius 3 is 2.50 bits per heavy atom. The standard InChI is InChI=1S/C13H17N3OS/c1-4-12-14-13(18-5-2)15-16(12)10-6-8-11(17-3)9-7-10/h6-9H,4-5H2,1-3H3. The van der Waals surface area contributed by atoms with Gasteiger partial charge in [-0.3, -0.25) is 0 Å². The van der Waals surface area contributed by atoms with Gasteiger partial charge in [0.25, 0.3) is 0 Å². The molecule has 0 unspecified atom stereocenters. The summed E-state index contributed by atoms with van der Waals surface area (Å²) in [6.07, 6.45) is 0.864. The van der Waals surface area contributed by atoms with E-state index in [0.29, 0.717) is 0 Å². The van der Waals surface area contributed by atoms with Crippen molar-refractivity contribution in [3.8, 4) is 11.4 Å². The molecule has 1 aromatic heterocycles. The molecule has 96 valence electrons. The van der Waals surface area contributed by atoms with E-state index in [4.69, 9.17) is 4.74 Å². The summed E-state index contributed by atoms with van der Waals surface area (Å²) in [5.74, 6) is 2.81. The third kappa shape index (κ3) is 2.67. The van der Waals surface area contributed by atoms with Gasteiger partial charge in [-0.2, -0.15) is 0 Å². The Bertz CT molecular complexity index is 507. The number of nitrogens with zero attached hydrogens (tertiary/aromatic N) is 3. The molecule has 0 saturated heterocycles. The van der Waals surface area contributed by atoms with Gasteiger partial charge in [0, 0.05) is 6.42 Å². The van der Waals surface area contributed by atoms with E-state index in [0.717, 1.165) is 34.6 Å². The van der Waals surface area contributed by atoms with Gasteiger partial charge in [-0.25, -0.2) is 9.67 Å². The molecular formula is C13H17N3OS. The highest BCUT2D eigenvalue weighted by molar-refractivity contribution is 7.99. The van der Waals surface area contributed by atoms with Gasteiger partial charge in [0.1, 0.15) is 11.6 Å². The zero-order valence-electron chi connectivity index (χ0n) is 10.9. The lowest BCUT2D eigenvalue weighted by atomic mass is 10.3. The number of ether oxygens (including phenoxy) is 1. The average Bonchev–Trinajstić information content (AvgIpc) is 2.82. The van der Waals surface area contributed by atoms with Crippen LogP contribution in [0.3, 0.4) is 0 Å². The van der Waals surface area contributed by atoms with Crippen LogP contribution in [0.2, 0.25) is 0 Å². The molecule has 0 radical (unpaired) electrons. The molecule has 0 saturated carbocycles. The molecule has 4 nitrogen and oxygen atoms in total. The fourth-order valence-corrected chi connectivity index (χ4v) is 2.24. The highest BCUT2D eigenvalue weighted by atomic mass is 32.2. The first kappa shape index (κ1) is 13.0. The largest absolute Gasteiger partial charge is 0.497 e. The SMILES string of the molecule is CCSc1nc(CC)n(-c2ccc(OC)cc2)n1. The maximum Gasteiger partial charge on any atom is 0.209 e. The minimum Gasteiger partial charge on any atom is -0.497 e. The van der Waals surface area contributed by atoms with Crippen LogP contribution in [0.15, 0.2) is 29.4 Å². The zero-order chi connectivity index (χ0) is 13.0. The Balaban J connectivity index is 2.35. The quantitative estimate of drug-likeness (QED) is 0.778. The maximum atomic E-state index is 5.16. The van der Waals surface area contributed by atoms with E-state index >= 15 is 0 Å². The summed E-state index contributed by atoms with van der Waals surface area (Å²) in [6, 6.07) is 7.85. The van der Waals surface area contributed by atoms with E-state index in [1.54, 1.807) is 18.9 Å². The highest BCUT2D eigenvalue weighted by Gasteiger charge is 2.09. The summed E-state index contributed by atoms with van der Waals surface area (Å²) in [7, 11) is 1.66. The van der Waals surface area contributed by atoms with Crippen molar-refractivity contribution >= 4 is 11.8 Å². The van der Waals surface area contributed by atoms with Gasteiger partial charge < -0.3 is 4.74 Å². The van der Waals surface area contributed by atoms with Gasteiger partial charge in [0.15, 0.2) is 0 Å². The molecule has 18 heavy (non-hydrogen) atoms. The number of aryl methyl sites for hydroxylation is 1. The monoisotopic (exact) mass is 263 g/mol. The number of hydrogen-bond donors (Lipinski definition) is 0. The Kier molecular flexibility index (Phi) is 4.25. The van der Waals surface area contributed by atoms with Crippen LogP contribution in [0.5, 0.6) is 5.75 Å². The molecule has 0 aliphatic heterocycles. The van der Waals surface area contributed by atoms with Gasteiger partial charge in [-0.15, -0.1) is 5.10 Å². The van der Waals surface area contributed by atoms with Crippen LogP contribution in [0.1, 0.15) is 19.7 Å². The van der Waals surface area contributed by atoms with Crippen LogP contribution < -0.4 is 4.74 Å². The molecule has 0 N–H and O–H groups in total. The first-order chi connectivity index (χ1) is 8.78. The minimum absolute atomic E-state index is 0.838. The second-order valence-electron chi connectivity index (χ2n) is 3.71. The molecule has 0 aliphatic carbocycles. The normalized spacial score (nSPS) is 10.6. The molecular weight excluding hydrogens is 246 g/mol. The molecule has 1 heterocycles. The minimum atomic E-state index is 0.838. The topological polar surface area (TPSA) is 39.9 Å². The van der Waals surface area contributed by atoms with Crippen molar-refractivity contribution < 1.29 is 4.74 Å². The first-order valence-electron chi connectivity index (χ1n) is 6.01. The van der Waals surface area contributed by atoms with E-state index in [-0.39, 0.29) is 0 Å². The molecule has 1 aromatic carbocycles. The Hall–Kier alpha value is -1.49. The fraction of sp³-hybridized carbons (Fsp3) is 0.385. The average molecular weight is 263 g/mol. The van der Waals surface area contributed by atoms with Crippen LogP contribution in [-0.2, 0) is 6.42 Å². The predicted octanol–water partition coefficient (Wildman–Crippen LogP) is 2.95. The van der Waals surface area contributed by atoms with E-state index in [9.17, 15) is 0 Å². The molecule has 5 heteroatoms. The summed E-state index contributed by atoms with van der Waals surface area (Å²) in [4.78, 5) is 4.52. The number of rotatable bonds is 5. The van der Waals surface area contributed by atoms with E-state index in [2.05, 4.69) is 23.9 Å². The summed E-state index contributed by atoms with van der Waals surface area (Å²) in [6.45, 7) is 4.19. The van der Waals surface area contributed by atoms with Crippen molar-refractivity contribution in [2.24, 2.45) is 0 Å². The number of thioether (sulfide) groups is 1. The fourth-order valence-electron chi connectivity index (χ4n) is 1.67. The third-order valence-corrected chi connectivity index (χ3v) is 3.28. The Morgan fingerprint density at radius 1 is 1.22 bits per heavy atom. The summed E-state index contributed by atoms with van der Waals surface area (Å²) >= 11 is 1.66. The van der Waals surface area contributed by atoms with Crippen LogP contribution >= 0.6 is 11.8 Å². The number of methoxy groups -OCH3 is 1. The molecule has 0 fully saturated rings. The lowest BCUT2D eigenvalue weighted by Crippen LogP contribution is -2.01. The van der Waals surface area contributed by atoms with Gasteiger partial charge in [0.2, 0.25) is 5.16 Å². The van der Waals surface area contributed by atoms with Gasteiger partial charge in [-0.1, -0.05) is 25.6 Å². The summed E-state index contributed by atoms with van der Waals surface area (Å²) in [5.41, 5.74) is 1.02. The molecule has 0 spiro atoms. The van der Waals surface area contributed by atoms with Crippen molar-refractivity contribution in [3.63, 3.8) is 0 Å². The smallest absolute Gasteiger partial charge is 0.209 e. The van der Waals surface area contributed by atoms with E-state index < -0.39 is 0 Å². The molecule has 2 aromatic rings. The van der Waals surface area contributed by atoms with Gasteiger partial charge in [-0.05, 0) is 30.0 Å². The third-order valence-electron chi connectivity index (χ3n) is 2.56. The zero-order valence-corrected chi connectivity index (χ0v) is 11.7. The van der Waals surface area contributed by atoms with E-state index in [1.807, 2.05) is 28.9 Å². The van der Waals surface area contributed by atoms with Crippen LogP contribution in [0, 0.1) is 0 Å². The molecule has 0 aliphatic rings. The van der Waals surface area contributed by atoms with Gasteiger partial charge in [0.05, 0.1) is 12.8 Å². The summed E-state index contributed by atoms with van der Waals surface area (Å²) in [5, 5.41) is 5.36. The number of aromatic nitrogens is 3. The van der Waals surface area contributed by atoms with Gasteiger partial charge >= 0.3 is 0 Å². The lowest BCUT2D eigenvalue weighted by molar-refractivity contribution is 0.414. The Morgan fingerprint density at radius 2 is 1.94 bits per heavy atom. The van der Waals surface area contributed by atoms with Crippen LogP contribution in [0.4, 0.5) is 0 Å². The lowest BCUT2D eigenvalue weighted by Gasteiger charge is -2.05. The predicted molar refractivity (Wildman–Crippen MR) is 73.7 cm³/mol. The van der Waals surface area contributed by atoms with Crippen molar-refractivity contribution in [2.45, 2.75) is 25.4 Å². The van der Waals surface area contributed by atoms with Crippen LogP contribution in [0.25, 0.3) is 5.69 Å². The molecule has 0 bridgehead atoms. The summed E-state index contributed by atoms with van der Waals surface area (Å²) < 4.78 is 7.06.